The molecule has 0 saturated carbocycles. The van der Waals surface area contributed by atoms with E-state index < -0.39 is 0 Å². The van der Waals surface area contributed by atoms with E-state index in [1.54, 1.807) is 6.20 Å². The number of aromatic amines is 1. The second-order valence-electron chi connectivity index (χ2n) is 3.61. The molecule has 0 bridgehead atoms. The van der Waals surface area contributed by atoms with Gasteiger partial charge in [-0.15, -0.1) is 0 Å². The van der Waals surface area contributed by atoms with Crippen LogP contribution < -0.4 is 5.73 Å². The SMILES string of the molecule is NCC1CCN(C(=O)c2cnc[nH]2)C1. The molecule has 1 aromatic rings. The summed E-state index contributed by atoms with van der Waals surface area (Å²) >= 11 is 0. The van der Waals surface area contributed by atoms with Crippen LogP contribution in [-0.4, -0.2) is 40.4 Å². The number of carbonyl (C=O) groups is 1. The van der Waals surface area contributed by atoms with E-state index in [-0.39, 0.29) is 5.91 Å². The molecule has 2 heterocycles. The van der Waals surface area contributed by atoms with Crippen LogP contribution in [0.25, 0.3) is 0 Å². The van der Waals surface area contributed by atoms with Crippen LogP contribution in [0.1, 0.15) is 16.9 Å². The topological polar surface area (TPSA) is 75.0 Å². The number of nitrogens with two attached hydrogens (primary N) is 1. The average molecular weight is 194 g/mol. The molecule has 5 heteroatoms. The average Bonchev–Trinajstić information content (AvgIpc) is 2.88. The van der Waals surface area contributed by atoms with Gasteiger partial charge in [0, 0.05) is 13.1 Å². The van der Waals surface area contributed by atoms with Crippen molar-refractivity contribution in [3.63, 3.8) is 0 Å². The molecule has 1 aliphatic heterocycles. The van der Waals surface area contributed by atoms with Crippen LogP contribution in [0, 0.1) is 5.92 Å². The molecule has 1 saturated heterocycles. The van der Waals surface area contributed by atoms with Gasteiger partial charge in [-0.25, -0.2) is 4.98 Å². The van der Waals surface area contributed by atoms with Gasteiger partial charge in [0.15, 0.2) is 0 Å². The molecule has 0 aromatic carbocycles. The zero-order chi connectivity index (χ0) is 9.97. The molecule has 1 unspecified atom stereocenters. The molecule has 2 rings (SSSR count). The minimum absolute atomic E-state index is 0.0263. The van der Waals surface area contributed by atoms with Crippen LogP contribution >= 0.6 is 0 Å². The first-order valence-corrected chi connectivity index (χ1v) is 4.79. The van der Waals surface area contributed by atoms with E-state index in [9.17, 15) is 4.79 Å². The quantitative estimate of drug-likeness (QED) is 0.686. The van der Waals surface area contributed by atoms with Crippen molar-refractivity contribution in [2.45, 2.75) is 6.42 Å². The molecule has 0 spiro atoms. The Morgan fingerprint density at radius 3 is 3.21 bits per heavy atom. The molecule has 1 aromatic heterocycles. The van der Waals surface area contributed by atoms with Crippen molar-refractivity contribution in [2.24, 2.45) is 11.7 Å². The smallest absolute Gasteiger partial charge is 0.271 e. The van der Waals surface area contributed by atoms with Crippen molar-refractivity contribution in [3.8, 4) is 0 Å². The molecule has 0 aliphatic carbocycles. The number of hydrogen-bond donors (Lipinski definition) is 2. The van der Waals surface area contributed by atoms with Crippen LogP contribution in [-0.2, 0) is 0 Å². The molecule has 0 radical (unpaired) electrons. The number of carbonyl (C=O) groups excluding carboxylic acids is 1. The van der Waals surface area contributed by atoms with E-state index in [1.807, 2.05) is 4.90 Å². The highest BCUT2D eigenvalue weighted by atomic mass is 16.2. The Morgan fingerprint density at radius 1 is 1.79 bits per heavy atom. The Bertz CT molecular complexity index is 309. The first kappa shape index (κ1) is 9.21. The van der Waals surface area contributed by atoms with Gasteiger partial charge in [-0.1, -0.05) is 0 Å². The first-order chi connectivity index (χ1) is 6.81. The number of H-pyrrole nitrogens is 1. The number of rotatable bonds is 2. The van der Waals surface area contributed by atoms with Gasteiger partial charge in [-0.3, -0.25) is 4.79 Å². The van der Waals surface area contributed by atoms with E-state index in [4.69, 9.17) is 5.73 Å². The van der Waals surface area contributed by atoms with Crippen LogP contribution in [0.15, 0.2) is 12.5 Å². The summed E-state index contributed by atoms with van der Waals surface area (Å²) in [5.41, 5.74) is 6.11. The van der Waals surface area contributed by atoms with Crippen molar-refractivity contribution >= 4 is 5.91 Å². The number of hydrogen-bond acceptors (Lipinski definition) is 3. The lowest BCUT2D eigenvalue weighted by Crippen LogP contribution is -2.30. The predicted octanol–water partition coefficient (Wildman–Crippen LogP) is -0.170. The summed E-state index contributed by atoms with van der Waals surface area (Å²) in [7, 11) is 0. The maximum Gasteiger partial charge on any atom is 0.271 e. The van der Waals surface area contributed by atoms with Crippen molar-refractivity contribution in [1.29, 1.82) is 0 Å². The highest BCUT2D eigenvalue weighted by molar-refractivity contribution is 5.92. The highest BCUT2D eigenvalue weighted by Crippen LogP contribution is 2.16. The second-order valence-corrected chi connectivity index (χ2v) is 3.61. The number of aromatic nitrogens is 2. The van der Waals surface area contributed by atoms with Crippen molar-refractivity contribution < 1.29 is 4.79 Å². The molecule has 1 atom stereocenters. The van der Waals surface area contributed by atoms with Gasteiger partial charge in [0.25, 0.3) is 5.91 Å². The number of nitrogens with zero attached hydrogens (tertiary/aromatic N) is 2. The first-order valence-electron chi connectivity index (χ1n) is 4.79. The minimum Gasteiger partial charge on any atom is -0.341 e. The van der Waals surface area contributed by atoms with Crippen molar-refractivity contribution in [1.82, 2.24) is 14.9 Å². The summed E-state index contributed by atoms with van der Waals surface area (Å²) in [6, 6.07) is 0. The Labute approximate surface area is 82.3 Å². The van der Waals surface area contributed by atoms with Gasteiger partial charge in [-0.2, -0.15) is 0 Å². The Kier molecular flexibility index (Phi) is 2.49. The lowest BCUT2D eigenvalue weighted by Gasteiger charge is -2.14. The molecule has 14 heavy (non-hydrogen) atoms. The summed E-state index contributed by atoms with van der Waals surface area (Å²) in [5, 5.41) is 0. The zero-order valence-corrected chi connectivity index (χ0v) is 7.94. The van der Waals surface area contributed by atoms with Gasteiger partial charge in [0.2, 0.25) is 0 Å². The number of amides is 1. The molecule has 3 N–H and O–H groups in total. The van der Waals surface area contributed by atoms with E-state index in [1.165, 1.54) is 6.33 Å². The Balaban J connectivity index is 2.00. The van der Waals surface area contributed by atoms with Crippen molar-refractivity contribution in [3.05, 3.63) is 18.2 Å². The summed E-state index contributed by atoms with van der Waals surface area (Å²) in [6.07, 6.45) is 4.08. The monoisotopic (exact) mass is 194 g/mol. The van der Waals surface area contributed by atoms with Crippen LogP contribution in [0.3, 0.4) is 0 Å². The molecular formula is C9H14N4O. The van der Waals surface area contributed by atoms with E-state index in [0.29, 0.717) is 18.2 Å². The maximum atomic E-state index is 11.8. The number of nitrogens with one attached hydrogen (secondary N) is 1. The fraction of sp³-hybridized carbons (Fsp3) is 0.556. The fourth-order valence-corrected chi connectivity index (χ4v) is 1.75. The molecule has 1 aliphatic rings. The Morgan fingerprint density at radius 2 is 2.64 bits per heavy atom. The standard InChI is InChI=1S/C9H14N4O/c10-3-7-1-2-13(5-7)9(14)8-4-11-6-12-8/h4,6-7H,1-3,5,10H2,(H,11,12). The lowest BCUT2D eigenvalue weighted by atomic mass is 10.1. The minimum atomic E-state index is 0.0263. The zero-order valence-electron chi connectivity index (χ0n) is 7.94. The van der Waals surface area contributed by atoms with Crippen molar-refractivity contribution in [2.75, 3.05) is 19.6 Å². The third-order valence-corrected chi connectivity index (χ3v) is 2.64. The predicted molar refractivity (Wildman–Crippen MR) is 51.7 cm³/mol. The summed E-state index contributed by atoms with van der Waals surface area (Å²) < 4.78 is 0. The normalized spacial score (nSPS) is 21.5. The third kappa shape index (κ3) is 1.63. The molecule has 1 amide bonds. The summed E-state index contributed by atoms with van der Waals surface area (Å²) in [4.78, 5) is 20.2. The molecule has 1 fully saturated rings. The Hall–Kier alpha value is -1.36. The molecule has 5 nitrogen and oxygen atoms in total. The largest absolute Gasteiger partial charge is 0.341 e. The van der Waals surface area contributed by atoms with Gasteiger partial charge in [-0.05, 0) is 18.9 Å². The van der Waals surface area contributed by atoms with Gasteiger partial charge in [0.1, 0.15) is 5.69 Å². The summed E-state index contributed by atoms with van der Waals surface area (Å²) in [6.45, 7) is 2.24. The number of likely N-dealkylation sites (tertiary alicyclic amines) is 1. The van der Waals surface area contributed by atoms with E-state index in [0.717, 1.165) is 19.5 Å². The highest BCUT2D eigenvalue weighted by Gasteiger charge is 2.26. The summed E-state index contributed by atoms with van der Waals surface area (Å²) in [5.74, 6) is 0.486. The van der Waals surface area contributed by atoms with Gasteiger partial charge < -0.3 is 15.6 Å². The van der Waals surface area contributed by atoms with Crippen LogP contribution in [0.5, 0.6) is 0 Å². The molecule has 76 valence electrons. The number of imidazole rings is 1. The molecular weight excluding hydrogens is 180 g/mol. The van der Waals surface area contributed by atoms with Gasteiger partial charge >= 0.3 is 0 Å². The van der Waals surface area contributed by atoms with Gasteiger partial charge in [0.05, 0.1) is 12.5 Å². The van der Waals surface area contributed by atoms with E-state index in [2.05, 4.69) is 9.97 Å². The van der Waals surface area contributed by atoms with Crippen LogP contribution in [0.4, 0.5) is 0 Å². The maximum absolute atomic E-state index is 11.8. The lowest BCUT2D eigenvalue weighted by molar-refractivity contribution is 0.0782. The third-order valence-electron chi connectivity index (χ3n) is 2.64. The van der Waals surface area contributed by atoms with Crippen LogP contribution in [0.2, 0.25) is 0 Å². The fourth-order valence-electron chi connectivity index (χ4n) is 1.75. The second kappa shape index (κ2) is 3.79. The van der Waals surface area contributed by atoms with E-state index >= 15 is 0 Å².